The van der Waals surface area contributed by atoms with Gasteiger partial charge < -0.3 is 5.73 Å². The minimum absolute atomic E-state index is 0.0641. The van der Waals surface area contributed by atoms with Crippen molar-refractivity contribution in [3.63, 3.8) is 0 Å². The van der Waals surface area contributed by atoms with Crippen molar-refractivity contribution in [1.29, 1.82) is 0 Å². The summed E-state index contributed by atoms with van der Waals surface area (Å²) in [5.41, 5.74) is 8.57. The predicted molar refractivity (Wildman–Crippen MR) is 105 cm³/mol. The molecule has 0 fully saturated rings. The second-order valence-corrected chi connectivity index (χ2v) is 5.94. The zero-order valence-electron chi connectivity index (χ0n) is 14.5. The number of rotatable bonds is 2. The van der Waals surface area contributed by atoms with E-state index in [4.69, 9.17) is 5.73 Å². The third-order valence-electron chi connectivity index (χ3n) is 4.26. The van der Waals surface area contributed by atoms with Gasteiger partial charge in [-0.2, -0.15) is 0 Å². The normalized spacial score (nSPS) is 11.6. The van der Waals surface area contributed by atoms with Crippen molar-refractivity contribution < 1.29 is 14.4 Å². The van der Waals surface area contributed by atoms with Gasteiger partial charge in [0.05, 0.1) is 0 Å². The maximum Gasteiger partial charge on any atom is 0.248 e. The molecule has 3 aromatic carbocycles. The number of ketones is 2. The third kappa shape index (κ3) is 3.60. The molecule has 4 nitrogen and oxygen atoms in total. The van der Waals surface area contributed by atoms with Crippen LogP contribution in [-0.2, 0) is 0 Å². The van der Waals surface area contributed by atoms with Gasteiger partial charge in [0.2, 0.25) is 5.91 Å². The van der Waals surface area contributed by atoms with Crippen molar-refractivity contribution in [2.24, 2.45) is 5.73 Å². The molecule has 0 unspecified atom stereocenters. The van der Waals surface area contributed by atoms with Gasteiger partial charge in [-0.15, -0.1) is 0 Å². The smallest absolute Gasteiger partial charge is 0.248 e. The summed E-state index contributed by atoms with van der Waals surface area (Å²) >= 11 is 0. The molecular formula is C23H17NO3. The van der Waals surface area contributed by atoms with E-state index in [9.17, 15) is 14.4 Å². The van der Waals surface area contributed by atoms with Crippen molar-refractivity contribution in [3.8, 4) is 0 Å². The number of nitrogens with two attached hydrogens (primary N) is 1. The molecule has 1 aliphatic carbocycles. The molecule has 0 radical (unpaired) electrons. The van der Waals surface area contributed by atoms with Crippen LogP contribution >= 0.6 is 0 Å². The van der Waals surface area contributed by atoms with Crippen molar-refractivity contribution in [3.05, 3.63) is 113 Å². The summed E-state index contributed by atoms with van der Waals surface area (Å²) in [5, 5.41) is 0. The van der Waals surface area contributed by atoms with Crippen LogP contribution in [0.1, 0.15) is 47.8 Å². The highest BCUT2D eigenvalue weighted by Crippen LogP contribution is 2.26. The summed E-state index contributed by atoms with van der Waals surface area (Å²) in [5.74, 6) is -0.530. The van der Waals surface area contributed by atoms with Crippen LogP contribution in [0, 0.1) is 0 Å². The van der Waals surface area contributed by atoms with Crippen LogP contribution < -0.4 is 5.73 Å². The van der Waals surface area contributed by atoms with Gasteiger partial charge in [-0.05, 0) is 17.7 Å². The number of primary amides is 1. The van der Waals surface area contributed by atoms with E-state index in [1.807, 2.05) is 0 Å². The Morgan fingerprint density at radius 3 is 1.37 bits per heavy atom. The third-order valence-corrected chi connectivity index (χ3v) is 4.26. The Bertz CT molecular complexity index is 944. The maximum absolute atomic E-state index is 12.1. The molecule has 132 valence electrons. The fraction of sp³-hybridized carbons (Fsp3) is 0. The second kappa shape index (κ2) is 7.62. The number of fused-ring (bicyclic) bond motifs is 2. The van der Waals surface area contributed by atoms with Crippen LogP contribution in [0.4, 0.5) is 0 Å². The van der Waals surface area contributed by atoms with E-state index in [0.717, 1.165) is 5.56 Å². The molecule has 0 atom stereocenters. The fourth-order valence-electron chi connectivity index (χ4n) is 2.83. The summed E-state index contributed by atoms with van der Waals surface area (Å²) in [6.07, 6.45) is 1.71. The molecule has 4 rings (SSSR count). The van der Waals surface area contributed by atoms with Gasteiger partial charge in [-0.3, -0.25) is 14.4 Å². The number of carbonyl (C=O) groups excluding carboxylic acids is 3. The summed E-state index contributed by atoms with van der Waals surface area (Å²) in [4.78, 5) is 34.8. The van der Waals surface area contributed by atoms with Crippen LogP contribution in [0.3, 0.4) is 0 Å². The zero-order valence-corrected chi connectivity index (χ0v) is 14.5. The number of hydrogen-bond acceptors (Lipinski definition) is 3. The minimum atomic E-state index is -0.402. The molecule has 0 heterocycles. The Kier molecular flexibility index (Phi) is 5.08. The van der Waals surface area contributed by atoms with Gasteiger partial charge in [-0.1, -0.05) is 73.3 Å². The van der Waals surface area contributed by atoms with Gasteiger partial charge in [-0.25, -0.2) is 0 Å². The molecule has 1 aliphatic rings. The topological polar surface area (TPSA) is 77.2 Å². The Morgan fingerprint density at radius 1 is 0.704 bits per heavy atom. The van der Waals surface area contributed by atoms with E-state index in [2.05, 4.69) is 6.58 Å². The minimum Gasteiger partial charge on any atom is -0.366 e. The second-order valence-electron chi connectivity index (χ2n) is 5.94. The highest BCUT2D eigenvalue weighted by atomic mass is 16.1. The van der Waals surface area contributed by atoms with Crippen molar-refractivity contribution in [2.45, 2.75) is 0 Å². The Balaban J connectivity index is 0.000000168. The van der Waals surface area contributed by atoms with Gasteiger partial charge in [0.1, 0.15) is 0 Å². The zero-order chi connectivity index (χ0) is 19.4. The first-order valence-electron chi connectivity index (χ1n) is 8.32. The molecule has 0 spiro atoms. The molecule has 3 aromatic rings. The molecule has 0 aromatic heterocycles. The first kappa shape index (κ1) is 18.0. The summed E-state index contributed by atoms with van der Waals surface area (Å²) in [6.45, 7) is 3.59. The molecule has 0 saturated carbocycles. The first-order valence-corrected chi connectivity index (χ1v) is 8.32. The summed E-state index contributed by atoms with van der Waals surface area (Å²) in [7, 11) is 0. The van der Waals surface area contributed by atoms with E-state index in [1.54, 1.807) is 78.9 Å². The van der Waals surface area contributed by atoms with E-state index >= 15 is 0 Å². The van der Waals surface area contributed by atoms with Crippen LogP contribution in [0.15, 0.2) is 79.4 Å². The molecule has 2 N–H and O–H groups in total. The Morgan fingerprint density at radius 2 is 1.07 bits per heavy atom. The molecule has 27 heavy (non-hydrogen) atoms. The van der Waals surface area contributed by atoms with Gasteiger partial charge in [0.15, 0.2) is 11.6 Å². The number of hydrogen-bond donors (Lipinski definition) is 1. The predicted octanol–water partition coefficient (Wildman–Crippen LogP) is 3.89. The lowest BCUT2D eigenvalue weighted by molar-refractivity contribution is 0.0979. The lowest BCUT2D eigenvalue weighted by Crippen LogP contribution is -2.20. The molecular weight excluding hydrogens is 338 g/mol. The lowest BCUT2D eigenvalue weighted by atomic mass is 9.84. The number of carbonyl (C=O) groups is 3. The Labute approximate surface area is 157 Å². The quantitative estimate of drug-likeness (QED) is 0.592. The number of benzene rings is 3. The van der Waals surface area contributed by atoms with Crippen molar-refractivity contribution in [2.75, 3.05) is 0 Å². The van der Waals surface area contributed by atoms with Crippen molar-refractivity contribution in [1.82, 2.24) is 0 Å². The van der Waals surface area contributed by atoms with Gasteiger partial charge >= 0.3 is 0 Å². The van der Waals surface area contributed by atoms with Crippen LogP contribution in [0.25, 0.3) is 6.08 Å². The average molecular weight is 355 g/mol. The summed E-state index contributed by atoms with van der Waals surface area (Å²) < 4.78 is 0. The molecule has 1 amide bonds. The highest BCUT2D eigenvalue weighted by molar-refractivity contribution is 6.28. The van der Waals surface area contributed by atoms with E-state index in [1.165, 1.54) is 0 Å². The van der Waals surface area contributed by atoms with Crippen LogP contribution in [0.2, 0.25) is 0 Å². The summed E-state index contributed by atoms with van der Waals surface area (Å²) in [6, 6.07) is 20.9. The van der Waals surface area contributed by atoms with E-state index in [-0.39, 0.29) is 11.6 Å². The molecule has 0 bridgehead atoms. The highest BCUT2D eigenvalue weighted by Gasteiger charge is 2.28. The van der Waals surface area contributed by atoms with E-state index < -0.39 is 5.91 Å². The Hall–Kier alpha value is -3.79. The van der Waals surface area contributed by atoms with Crippen LogP contribution in [0.5, 0.6) is 0 Å². The van der Waals surface area contributed by atoms with Crippen LogP contribution in [-0.4, -0.2) is 17.5 Å². The molecule has 0 aliphatic heterocycles. The number of amides is 1. The monoisotopic (exact) mass is 355 g/mol. The maximum atomic E-state index is 12.1. The standard InChI is InChI=1S/C14H8O2.C9H9NO/c15-13-9-5-1-2-6-10(9)14(16)12-8-4-3-7-11(12)13;1-2-7-3-5-8(6-4-7)9(10)11/h1-8H;2-6H,1H2,(H2,10,11). The first-order chi connectivity index (χ1) is 13.0. The van der Waals surface area contributed by atoms with Gasteiger partial charge in [0, 0.05) is 27.8 Å². The average Bonchev–Trinajstić information content (AvgIpc) is 2.72. The largest absolute Gasteiger partial charge is 0.366 e. The SMILES string of the molecule is C=Cc1ccc(C(N)=O)cc1.O=C1c2ccccc2C(=O)c2ccccc21. The lowest BCUT2D eigenvalue weighted by Gasteiger charge is -2.16. The van der Waals surface area contributed by atoms with Gasteiger partial charge in [0.25, 0.3) is 0 Å². The molecule has 0 saturated heterocycles. The fourth-order valence-corrected chi connectivity index (χ4v) is 2.83. The molecule has 4 heteroatoms. The van der Waals surface area contributed by atoms with Crippen molar-refractivity contribution >= 4 is 23.5 Å². The van der Waals surface area contributed by atoms with E-state index in [0.29, 0.717) is 27.8 Å².